The first-order valence-electron chi connectivity index (χ1n) is 7.87. The molecule has 0 aliphatic carbocycles. The smallest absolute Gasteiger partial charge is 0.266 e. The Labute approximate surface area is 146 Å². The van der Waals surface area contributed by atoms with Gasteiger partial charge in [0.15, 0.2) is 0 Å². The van der Waals surface area contributed by atoms with Crippen molar-refractivity contribution in [2.75, 3.05) is 6.61 Å². The molecule has 3 atom stereocenters. The standard InChI is InChI=1S/C19H19NO3S/c1-13(17(21)15-10-6-3-7-11-15)18(22)20-16(12-23-19(20)24)14-8-4-2-5-9-14/h2-11,13,16-17,21H,12H2,1H3/t13-,16+,17-/m0/s1. The van der Waals surface area contributed by atoms with Crippen LogP contribution in [0, 0.1) is 5.92 Å². The van der Waals surface area contributed by atoms with Crippen molar-refractivity contribution in [2.45, 2.75) is 19.1 Å². The zero-order valence-corrected chi connectivity index (χ0v) is 14.1. The van der Waals surface area contributed by atoms with Gasteiger partial charge in [0.25, 0.3) is 5.17 Å². The first-order valence-corrected chi connectivity index (χ1v) is 8.28. The van der Waals surface area contributed by atoms with Crippen LogP contribution in [0.4, 0.5) is 0 Å². The average molecular weight is 341 g/mol. The molecule has 1 amide bonds. The van der Waals surface area contributed by atoms with Crippen LogP contribution in [0.5, 0.6) is 0 Å². The SMILES string of the molecule is C[C@H](C(=O)N1C(=S)OC[C@@H]1c1ccccc1)[C@H](O)c1ccccc1. The van der Waals surface area contributed by atoms with Crippen LogP contribution in [-0.2, 0) is 9.53 Å². The van der Waals surface area contributed by atoms with Crippen LogP contribution < -0.4 is 0 Å². The zero-order chi connectivity index (χ0) is 17.1. The molecule has 0 bridgehead atoms. The maximum atomic E-state index is 13.0. The Morgan fingerprint density at radius 3 is 2.38 bits per heavy atom. The largest absolute Gasteiger partial charge is 0.468 e. The lowest BCUT2D eigenvalue weighted by Gasteiger charge is -2.27. The van der Waals surface area contributed by atoms with E-state index in [0.29, 0.717) is 12.2 Å². The Hall–Kier alpha value is -2.24. The topological polar surface area (TPSA) is 49.8 Å². The van der Waals surface area contributed by atoms with E-state index in [1.54, 1.807) is 6.92 Å². The highest BCUT2D eigenvalue weighted by Crippen LogP contribution is 2.32. The number of nitrogens with zero attached hydrogens (tertiary/aromatic N) is 1. The van der Waals surface area contributed by atoms with E-state index < -0.39 is 12.0 Å². The van der Waals surface area contributed by atoms with Gasteiger partial charge in [-0.25, -0.2) is 0 Å². The minimum Gasteiger partial charge on any atom is -0.468 e. The molecule has 4 nitrogen and oxygen atoms in total. The second-order valence-corrected chi connectivity index (χ2v) is 6.21. The molecule has 1 aliphatic heterocycles. The molecule has 1 heterocycles. The molecule has 1 N–H and O–H groups in total. The first-order chi connectivity index (χ1) is 11.6. The Bertz CT molecular complexity index is 720. The molecular weight excluding hydrogens is 322 g/mol. The van der Waals surface area contributed by atoms with E-state index in [0.717, 1.165) is 5.56 Å². The second-order valence-electron chi connectivity index (χ2n) is 5.86. The zero-order valence-electron chi connectivity index (χ0n) is 13.3. The Morgan fingerprint density at radius 1 is 1.17 bits per heavy atom. The number of thiocarbonyl (C=S) groups is 1. The molecule has 3 rings (SSSR count). The highest BCUT2D eigenvalue weighted by atomic mass is 32.1. The number of ether oxygens (including phenoxy) is 1. The third-order valence-electron chi connectivity index (χ3n) is 4.30. The molecule has 0 aromatic heterocycles. The molecule has 1 aliphatic rings. The third kappa shape index (κ3) is 3.18. The minimum absolute atomic E-state index is 0.168. The molecule has 2 aromatic carbocycles. The van der Waals surface area contributed by atoms with Crippen LogP contribution in [0.2, 0.25) is 0 Å². The quantitative estimate of drug-likeness (QED) is 0.868. The second kappa shape index (κ2) is 7.11. The average Bonchev–Trinajstić information content (AvgIpc) is 3.03. The van der Waals surface area contributed by atoms with E-state index in [-0.39, 0.29) is 17.1 Å². The van der Waals surface area contributed by atoms with Crippen LogP contribution in [0.15, 0.2) is 60.7 Å². The van der Waals surface area contributed by atoms with Gasteiger partial charge in [-0.15, -0.1) is 0 Å². The van der Waals surface area contributed by atoms with Crippen molar-refractivity contribution in [2.24, 2.45) is 5.92 Å². The molecule has 1 saturated heterocycles. The van der Waals surface area contributed by atoms with Gasteiger partial charge in [0.2, 0.25) is 5.91 Å². The molecule has 24 heavy (non-hydrogen) atoms. The van der Waals surface area contributed by atoms with Crippen LogP contribution in [0.3, 0.4) is 0 Å². The highest BCUT2D eigenvalue weighted by Gasteiger charge is 2.39. The number of rotatable bonds is 4. The molecule has 124 valence electrons. The number of aliphatic hydroxyl groups is 1. The monoisotopic (exact) mass is 341 g/mol. The summed E-state index contributed by atoms with van der Waals surface area (Å²) in [5.41, 5.74) is 1.67. The summed E-state index contributed by atoms with van der Waals surface area (Å²) in [6.45, 7) is 2.05. The van der Waals surface area contributed by atoms with E-state index in [2.05, 4.69) is 0 Å². The molecule has 0 unspecified atom stereocenters. The molecular formula is C19H19NO3S. The van der Waals surface area contributed by atoms with Crippen LogP contribution in [0.25, 0.3) is 0 Å². The summed E-state index contributed by atoms with van der Waals surface area (Å²) in [6, 6.07) is 18.6. The fourth-order valence-corrected chi connectivity index (χ4v) is 3.16. The number of amides is 1. The fourth-order valence-electron chi connectivity index (χ4n) is 2.88. The van der Waals surface area contributed by atoms with Crippen molar-refractivity contribution in [1.82, 2.24) is 4.90 Å². The van der Waals surface area contributed by atoms with Gasteiger partial charge in [0.05, 0.1) is 18.1 Å². The van der Waals surface area contributed by atoms with Crippen LogP contribution in [0.1, 0.15) is 30.2 Å². The predicted octanol–water partition coefficient (Wildman–Crippen LogP) is 3.24. The number of hydrogen-bond donors (Lipinski definition) is 1. The summed E-state index contributed by atoms with van der Waals surface area (Å²) in [6.07, 6.45) is -0.890. The van der Waals surface area contributed by atoms with Gasteiger partial charge in [-0.05, 0) is 23.3 Å². The maximum absolute atomic E-state index is 13.0. The third-order valence-corrected chi connectivity index (χ3v) is 4.61. The van der Waals surface area contributed by atoms with Gasteiger partial charge in [0, 0.05) is 0 Å². The summed E-state index contributed by atoms with van der Waals surface area (Å²) >= 11 is 5.22. The van der Waals surface area contributed by atoms with E-state index in [1.807, 2.05) is 60.7 Å². The molecule has 0 saturated carbocycles. The van der Waals surface area contributed by atoms with E-state index in [4.69, 9.17) is 17.0 Å². The Kier molecular flexibility index (Phi) is 4.92. The summed E-state index contributed by atoms with van der Waals surface area (Å²) in [5, 5.41) is 10.7. The maximum Gasteiger partial charge on any atom is 0.266 e. The van der Waals surface area contributed by atoms with Crippen molar-refractivity contribution in [3.63, 3.8) is 0 Å². The lowest BCUT2D eigenvalue weighted by Crippen LogP contribution is -2.39. The Morgan fingerprint density at radius 2 is 1.75 bits per heavy atom. The van der Waals surface area contributed by atoms with Gasteiger partial charge in [-0.1, -0.05) is 67.6 Å². The molecule has 2 aromatic rings. The summed E-state index contributed by atoms with van der Waals surface area (Å²) < 4.78 is 5.44. The summed E-state index contributed by atoms with van der Waals surface area (Å²) in [7, 11) is 0. The summed E-state index contributed by atoms with van der Waals surface area (Å²) in [5.74, 6) is -0.860. The van der Waals surface area contributed by atoms with Crippen LogP contribution in [-0.4, -0.2) is 27.7 Å². The number of benzene rings is 2. The molecule has 0 spiro atoms. The predicted molar refractivity (Wildman–Crippen MR) is 95.1 cm³/mol. The van der Waals surface area contributed by atoms with Gasteiger partial charge in [0.1, 0.15) is 6.61 Å². The molecule has 5 heteroatoms. The van der Waals surface area contributed by atoms with Crippen molar-refractivity contribution in [1.29, 1.82) is 0 Å². The molecule has 0 radical (unpaired) electrons. The number of carbonyl (C=O) groups is 1. The number of aliphatic hydroxyl groups excluding tert-OH is 1. The first kappa shape index (κ1) is 16.6. The van der Waals surface area contributed by atoms with Gasteiger partial charge < -0.3 is 9.84 Å². The lowest BCUT2D eigenvalue weighted by atomic mass is 9.95. The van der Waals surface area contributed by atoms with Crippen molar-refractivity contribution in [3.8, 4) is 0 Å². The molecule has 1 fully saturated rings. The number of carbonyl (C=O) groups excluding carboxylic acids is 1. The van der Waals surface area contributed by atoms with Gasteiger partial charge >= 0.3 is 0 Å². The van der Waals surface area contributed by atoms with Gasteiger partial charge in [-0.3, -0.25) is 9.69 Å². The van der Waals surface area contributed by atoms with Crippen molar-refractivity contribution >= 4 is 23.3 Å². The highest BCUT2D eigenvalue weighted by molar-refractivity contribution is 7.80. The number of hydrogen-bond acceptors (Lipinski definition) is 4. The summed E-state index contributed by atoms with van der Waals surface area (Å²) in [4.78, 5) is 14.4. The van der Waals surface area contributed by atoms with Crippen molar-refractivity contribution < 1.29 is 14.6 Å². The van der Waals surface area contributed by atoms with Gasteiger partial charge in [-0.2, -0.15) is 0 Å². The van der Waals surface area contributed by atoms with E-state index >= 15 is 0 Å². The minimum atomic E-state index is -0.890. The normalized spacial score (nSPS) is 19.7. The van der Waals surface area contributed by atoms with Crippen molar-refractivity contribution in [3.05, 3.63) is 71.8 Å². The fraction of sp³-hybridized carbons (Fsp3) is 0.263. The van der Waals surface area contributed by atoms with E-state index in [9.17, 15) is 9.90 Å². The van der Waals surface area contributed by atoms with E-state index in [1.165, 1.54) is 4.90 Å². The lowest BCUT2D eigenvalue weighted by molar-refractivity contribution is -0.135. The Balaban J connectivity index is 1.83. The van der Waals surface area contributed by atoms with Crippen LogP contribution >= 0.6 is 12.2 Å².